The molecule has 10 heteroatoms. The van der Waals surface area contributed by atoms with Crippen molar-refractivity contribution < 1.29 is 18.0 Å². The van der Waals surface area contributed by atoms with Crippen LogP contribution in [-0.2, 0) is 6.54 Å². The molecule has 2 aliphatic rings. The third-order valence-electron chi connectivity index (χ3n) is 6.59. The van der Waals surface area contributed by atoms with Crippen molar-refractivity contribution in [1.82, 2.24) is 19.6 Å². The molecule has 1 N–H and O–H groups in total. The number of alkyl halides is 3. The molecule has 1 aromatic heterocycles. The molecule has 0 unspecified atom stereocenters. The van der Waals surface area contributed by atoms with Gasteiger partial charge in [0.1, 0.15) is 5.82 Å². The number of fused-ring (bicyclic) bond motifs is 1. The lowest BCUT2D eigenvalue weighted by atomic mass is 9.97. The summed E-state index contributed by atoms with van der Waals surface area (Å²) in [6, 6.07) is 15.8. The van der Waals surface area contributed by atoms with Crippen LogP contribution in [0, 0.1) is 0 Å². The fourth-order valence-corrected chi connectivity index (χ4v) is 4.83. The Bertz CT molecular complexity index is 1170. The van der Waals surface area contributed by atoms with Crippen LogP contribution in [-0.4, -0.2) is 57.8 Å². The van der Waals surface area contributed by atoms with Gasteiger partial charge in [0.25, 0.3) is 5.91 Å². The molecular weight excluding hydrogens is 479 g/mol. The number of halogens is 4. The van der Waals surface area contributed by atoms with Gasteiger partial charge in [-0.05, 0) is 23.3 Å². The normalized spacial score (nSPS) is 20.9. The predicted octanol–water partition coefficient (Wildman–Crippen LogP) is 5.15. The molecule has 0 saturated carbocycles. The number of piperazine rings is 1. The number of carbonyl (C=O) groups is 1. The first-order chi connectivity index (χ1) is 16.8. The van der Waals surface area contributed by atoms with Gasteiger partial charge in [0.15, 0.2) is 11.7 Å². The van der Waals surface area contributed by atoms with Crippen LogP contribution in [0.5, 0.6) is 0 Å². The minimum absolute atomic E-state index is 0.0232. The van der Waals surface area contributed by atoms with E-state index in [1.165, 1.54) is 11.6 Å². The maximum atomic E-state index is 13.9. The van der Waals surface area contributed by atoms with Gasteiger partial charge in [-0.1, -0.05) is 54.1 Å². The van der Waals surface area contributed by atoms with Crippen LogP contribution in [0.1, 0.15) is 40.1 Å². The highest BCUT2D eigenvalue weighted by Crippen LogP contribution is 2.43. The summed E-state index contributed by atoms with van der Waals surface area (Å²) in [6.45, 7) is 3.17. The number of nitrogens with one attached hydrogen (secondary N) is 1. The van der Waals surface area contributed by atoms with E-state index in [4.69, 9.17) is 11.6 Å². The van der Waals surface area contributed by atoms with Gasteiger partial charge in [-0.15, -0.1) is 0 Å². The molecule has 2 aromatic carbocycles. The van der Waals surface area contributed by atoms with Crippen LogP contribution in [0.4, 0.5) is 19.0 Å². The highest BCUT2D eigenvalue weighted by Gasteiger charge is 2.47. The number of benzene rings is 2. The zero-order valence-electron chi connectivity index (χ0n) is 18.9. The maximum Gasteiger partial charge on any atom is 0.410 e. The third-order valence-corrected chi connectivity index (χ3v) is 6.84. The van der Waals surface area contributed by atoms with E-state index >= 15 is 0 Å². The van der Waals surface area contributed by atoms with Gasteiger partial charge in [0.05, 0.1) is 6.04 Å². The lowest BCUT2D eigenvalue weighted by molar-refractivity contribution is -0.173. The molecule has 1 fully saturated rings. The smallest absolute Gasteiger partial charge is 0.363 e. The second kappa shape index (κ2) is 9.54. The van der Waals surface area contributed by atoms with Gasteiger partial charge >= 0.3 is 6.18 Å². The summed E-state index contributed by atoms with van der Waals surface area (Å²) in [5.41, 5.74) is 1.92. The van der Waals surface area contributed by atoms with Crippen molar-refractivity contribution in [2.24, 2.45) is 0 Å². The topological polar surface area (TPSA) is 53.4 Å². The Labute approximate surface area is 206 Å². The second-order valence-electron chi connectivity index (χ2n) is 8.95. The Morgan fingerprint density at radius 1 is 1.03 bits per heavy atom. The number of amides is 1. The van der Waals surface area contributed by atoms with Crippen LogP contribution < -0.4 is 5.32 Å². The maximum absolute atomic E-state index is 13.9. The molecule has 184 valence electrons. The number of hydrogen-bond donors (Lipinski definition) is 1. The number of anilines is 1. The highest BCUT2D eigenvalue weighted by molar-refractivity contribution is 6.30. The zero-order chi connectivity index (χ0) is 24.6. The van der Waals surface area contributed by atoms with Crippen molar-refractivity contribution in [3.63, 3.8) is 0 Å². The minimum Gasteiger partial charge on any atom is -0.363 e. The molecule has 6 nitrogen and oxygen atoms in total. The van der Waals surface area contributed by atoms with Crippen LogP contribution in [0.2, 0.25) is 5.02 Å². The molecule has 35 heavy (non-hydrogen) atoms. The minimum atomic E-state index is -4.50. The van der Waals surface area contributed by atoms with Crippen LogP contribution in [0.3, 0.4) is 0 Å². The average Bonchev–Trinajstić information content (AvgIpc) is 3.28. The number of aromatic nitrogens is 2. The molecule has 2 atom stereocenters. The molecule has 1 amide bonds. The molecule has 0 aliphatic carbocycles. The van der Waals surface area contributed by atoms with E-state index in [1.807, 2.05) is 18.2 Å². The first kappa shape index (κ1) is 23.7. The largest absolute Gasteiger partial charge is 0.410 e. The fraction of sp³-hybridized carbons (Fsp3) is 0.360. The zero-order valence-corrected chi connectivity index (χ0v) is 19.6. The van der Waals surface area contributed by atoms with Gasteiger partial charge in [-0.25, -0.2) is 4.68 Å². The van der Waals surface area contributed by atoms with Crippen molar-refractivity contribution >= 4 is 23.3 Å². The summed E-state index contributed by atoms with van der Waals surface area (Å²) in [6.07, 6.45) is -4.73. The predicted molar refractivity (Wildman–Crippen MR) is 127 cm³/mol. The fourth-order valence-electron chi connectivity index (χ4n) is 4.70. The Kier molecular flexibility index (Phi) is 6.46. The van der Waals surface area contributed by atoms with Gasteiger partial charge in [-0.3, -0.25) is 9.69 Å². The van der Waals surface area contributed by atoms with E-state index in [9.17, 15) is 18.0 Å². The van der Waals surface area contributed by atoms with Gasteiger partial charge in [0.2, 0.25) is 0 Å². The van der Waals surface area contributed by atoms with Crippen molar-refractivity contribution in [1.29, 1.82) is 0 Å². The Balaban J connectivity index is 1.30. The van der Waals surface area contributed by atoms with Gasteiger partial charge in [-0.2, -0.15) is 18.3 Å². The van der Waals surface area contributed by atoms with Crippen molar-refractivity contribution in [3.05, 3.63) is 82.5 Å². The molecule has 3 heterocycles. The summed E-state index contributed by atoms with van der Waals surface area (Å²) in [5, 5.41) is 7.75. The SMILES string of the molecule is O=C(c1cc2n(n1)[C@@H](C(F)(F)F)C[C@@H](c1ccc(Cl)cc1)N2)N1CCN(Cc2ccccc2)CC1. The Morgan fingerprint density at radius 2 is 1.71 bits per heavy atom. The van der Waals surface area contributed by atoms with E-state index in [2.05, 4.69) is 27.4 Å². The lowest BCUT2D eigenvalue weighted by Gasteiger charge is -2.34. The molecule has 0 bridgehead atoms. The summed E-state index contributed by atoms with van der Waals surface area (Å²) in [7, 11) is 0. The standard InChI is InChI=1S/C25H25ClF3N5O/c26-19-8-6-18(7-9-19)20-14-22(25(27,28)29)34-23(30-20)15-21(31-34)24(35)33-12-10-32(11-13-33)16-17-4-2-1-3-5-17/h1-9,15,20,22,30H,10-14,16H2/t20-,22+/m0/s1. The van der Waals surface area contributed by atoms with Crippen LogP contribution in [0.25, 0.3) is 0 Å². The van der Waals surface area contributed by atoms with Crippen LogP contribution >= 0.6 is 11.6 Å². The average molecular weight is 504 g/mol. The van der Waals surface area contributed by atoms with Crippen LogP contribution in [0.15, 0.2) is 60.7 Å². The molecule has 0 radical (unpaired) electrons. The number of hydrogen-bond acceptors (Lipinski definition) is 4. The van der Waals surface area contributed by atoms with Gasteiger partial charge < -0.3 is 10.2 Å². The molecule has 2 aliphatic heterocycles. The second-order valence-corrected chi connectivity index (χ2v) is 9.39. The van der Waals surface area contributed by atoms with E-state index in [1.54, 1.807) is 29.2 Å². The van der Waals surface area contributed by atoms with E-state index in [-0.39, 0.29) is 23.8 Å². The number of carbonyl (C=O) groups excluding carboxylic acids is 1. The molecule has 3 aromatic rings. The summed E-state index contributed by atoms with van der Waals surface area (Å²) >= 11 is 5.93. The quantitative estimate of drug-likeness (QED) is 0.534. The summed E-state index contributed by atoms with van der Waals surface area (Å²) in [5.74, 6) is -0.165. The monoisotopic (exact) mass is 503 g/mol. The first-order valence-electron chi connectivity index (χ1n) is 11.5. The third kappa shape index (κ3) is 5.16. The van der Waals surface area contributed by atoms with Gasteiger partial charge in [0, 0.05) is 50.2 Å². The Morgan fingerprint density at radius 3 is 2.37 bits per heavy atom. The summed E-state index contributed by atoms with van der Waals surface area (Å²) in [4.78, 5) is 17.1. The molecule has 0 spiro atoms. The number of nitrogens with zero attached hydrogens (tertiary/aromatic N) is 4. The van der Waals surface area contributed by atoms with Crippen molar-refractivity contribution in [2.75, 3.05) is 31.5 Å². The molecule has 1 saturated heterocycles. The summed E-state index contributed by atoms with van der Waals surface area (Å²) < 4.78 is 42.8. The Hall–Kier alpha value is -3.04. The van der Waals surface area contributed by atoms with Crippen molar-refractivity contribution in [3.8, 4) is 0 Å². The first-order valence-corrected chi connectivity index (χ1v) is 11.9. The lowest BCUT2D eigenvalue weighted by Crippen LogP contribution is -2.48. The van der Waals surface area contributed by atoms with E-state index in [0.717, 1.165) is 11.2 Å². The molecule has 5 rings (SSSR count). The van der Waals surface area contributed by atoms with Crippen molar-refractivity contribution in [2.45, 2.75) is 31.2 Å². The molecular formula is C25H25ClF3N5O. The van der Waals surface area contributed by atoms with E-state index < -0.39 is 18.3 Å². The van der Waals surface area contributed by atoms with E-state index in [0.29, 0.717) is 36.8 Å². The highest BCUT2D eigenvalue weighted by atomic mass is 35.5. The number of rotatable bonds is 4.